The highest BCUT2D eigenvalue weighted by Gasteiger charge is 2.27. The van der Waals surface area contributed by atoms with Crippen molar-refractivity contribution in [1.29, 1.82) is 0 Å². The van der Waals surface area contributed by atoms with Crippen molar-refractivity contribution in [2.24, 2.45) is 0 Å². The maximum absolute atomic E-state index is 13.6. The number of para-hydroxylation sites is 1. The van der Waals surface area contributed by atoms with E-state index in [9.17, 15) is 28.8 Å². The molecule has 0 aliphatic carbocycles. The fourth-order valence-electron chi connectivity index (χ4n) is 7.66. The van der Waals surface area contributed by atoms with Gasteiger partial charge in [-0.2, -0.15) is 5.10 Å². The van der Waals surface area contributed by atoms with Gasteiger partial charge in [0, 0.05) is 87.7 Å². The van der Waals surface area contributed by atoms with Crippen molar-refractivity contribution in [1.82, 2.24) is 35.6 Å². The lowest BCUT2D eigenvalue weighted by Gasteiger charge is -2.36. The van der Waals surface area contributed by atoms with E-state index in [1.165, 1.54) is 16.8 Å². The number of rotatable bonds is 20. The van der Waals surface area contributed by atoms with Crippen molar-refractivity contribution < 1.29 is 33.5 Å². The van der Waals surface area contributed by atoms with Gasteiger partial charge >= 0.3 is 0 Å². The molecule has 1 atom stereocenters. The summed E-state index contributed by atoms with van der Waals surface area (Å²) in [5.74, 6) is -1.30. The lowest BCUT2D eigenvalue weighted by Crippen LogP contribution is -2.48. The standard InChI is InChI=1S/C48H52Cl2N10O7/c49-37-30-38(50)36(29-35(37)39-11-7-8-20-51-39)46(64)55-42-31-41(57-60(42)34-9-3-1-4-10-34)47(65)53-22-28-67-27-21-52-43(61)12-5-2-6-13-45(63)59-25-23-58(24-26-59)33-16-14-32(15-17-33)54-40-18-19-44(62)56-48(40)66/h1,3-4,7-11,14-17,20,29-31,40,54H,2,5-6,12-13,18-19,21-28H2,(H,52,61)(H,53,65)(H,55,64)(H,56,62,66). The van der Waals surface area contributed by atoms with Crippen LogP contribution in [0.15, 0.2) is 97.2 Å². The lowest BCUT2D eigenvalue weighted by atomic mass is 10.1. The number of aromatic nitrogens is 3. The molecule has 2 fully saturated rings. The molecule has 0 saturated carbocycles. The summed E-state index contributed by atoms with van der Waals surface area (Å²) in [4.78, 5) is 84.0. The average Bonchev–Trinajstić information content (AvgIpc) is 3.76. The second kappa shape index (κ2) is 23.6. The SMILES string of the molecule is O=C(CCCCCC(=O)N1CCN(c2ccc(NC3CCC(=O)NC3=O)cc2)CC1)NCCOCCNC(=O)c1cc(NC(=O)c2cc(-c3ccccn3)c(Cl)cc2Cl)n(-c2ccccc2)n1. The van der Waals surface area contributed by atoms with Crippen molar-refractivity contribution in [3.8, 4) is 16.9 Å². The highest BCUT2D eigenvalue weighted by molar-refractivity contribution is 6.38. The van der Waals surface area contributed by atoms with Gasteiger partial charge in [0.2, 0.25) is 23.6 Å². The van der Waals surface area contributed by atoms with Crippen LogP contribution in [0.3, 0.4) is 0 Å². The highest BCUT2D eigenvalue weighted by atomic mass is 35.5. The van der Waals surface area contributed by atoms with Gasteiger partial charge in [0.15, 0.2) is 5.69 Å². The first-order chi connectivity index (χ1) is 32.5. The number of anilines is 3. The number of piperazine rings is 1. The zero-order valence-electron chi connectivity index (χ0n) is 36.8. The van der Waals surface area contributed by atoms with E-state index in [2.05, 4.69) is 41.6 Å². The van der Waals surface area contributed by atoms with E-state index < -0.39 is 17.9 Å². The third-order valence-electron chi connectivity index (χ3n) is 11.3. The molecule has 5 N–H and O–H groups in total. The fraction of sp³-hybridized carbons (Fsp3) is 0.333. The number of nitrogens with zero attached hydrogens (tertiary/aromatic N) is 5. The Morgan fingerprint density at radius 1 is 0.761 bits per heavy atom. The molecule has 6 amide bonds. The number of pyridine rings is 1. The number of unbranched alkanes of at least 4 members (excludes halogenated alkanes) is 2. The molecule has 19 heteroatoms. The molecule has 17 nitrogen and oxygen atoms in total. The summed E-state index contributed by atoms with van der Waals surface area (Å²) in [7, 11) is 0. The molecule has 0 radical (unpaired) electrons. The summed E-state index contributed by atoms with van der Waals surface area (Å²) in [5.41, 5.74) is 3.79. The van der Waals surface area contributed by atoms with Crippen molar-refractivity contribution in [2.75, 3.05) is 68.0 Å². The Morgan fingerprint density at radius 2 is 1.49 bits per heavy atom. The van der Waals surface area contributed by atoms with Crippen LogP contribution >= 0.6 is 23.2 Å². The number of carbonyl (C=O) groups is 6. The maximum Gasteiger partial charge on any atom is 0.271 e. The molecule has 7 rings (SSSR count). The van der Waals surface area contributed by atoms with E-state index in [4.69, 9.17) is 27.9 Å². The number of halogens is 2. The maximum atomic E-state index is 13.6. The van der Waals surface area contributed by atoms with Crippen LogP contribution in [-0.4, -0.2) is 114 Å². The van der Waals surface area contributed by atoms with Crippen LogP contribution in [0.2, 0.25) is 10.0 Å². The van der Waals surface area contributed by atoms with Crippen LogP contribution in [0, 0.1) is 0 Å². The Kier molecular flexibility index (Phi) is 16.9. The number of nitrogens with one attached hydrogen (secondary N) is 5. The lowest BCUT2D eigenvalue weighted by molar-refractivity contribution is -0.134. The van der Waals surface area contributed by atoms with E-state index in [1.54, 1.807) is 36.5 Å². The van der Waals surface area contributed by atoms with Gasteiger partial charge in [0.1, 0.15) is 11.9 Å². The van der Waals surface area contributed by atoms with E-state index in [0.717, 1.165) is 17.8 Å². The number of benzene rings is 3. The van der Waals surface area contributed by atoms with Crippen molar-refractivity contribution in [3.05, 3.63) is 118 Å². The van der Waals surface area contributed by atoms with Gasteiger partial charge in [-0.25, -0.2) is 4.68 Å². The van der Waals surface area contributed by atoms with Gasteiger partial charge in [0.25, 0.3) is 11.8 Å². The summed E-state index contributed by atoms with van der Waals surface area (Å²) in [6, 6.07) is 26.3. The van der Waals surface area contributed by atoms with Crippen LogP contribution in [0.4, 0.5) is 17.2 Å². The Morgan fingerprint density at radius 3 is 2.22 bits per heavy atom. The summed E-state index contributed by atoms with van der Waals surface area (Å²) in [5, 5.41) is 19.0. The minimum absolute atomic E-state index is 0.0640. The molecule has 3 aromatic carbocycles. The first-order valence-electron chi connectivity index (χ1n) is 22.3. The Bertz CT molecular complexity index is 2540. The van der Waals surface area contributed by atoms with Gasteiger partial charge in [-0.1, -0.05) is 53.9 Å². The number of imide groups is 1. The van der Waals surface area contributed by atoms with Crippen molar-refractivity contribution in [3.63, 3.8) is 0 Å². The predicted molar refractivity (Wildman–Crippen MR) is 255 cm³/mol. The molecular formula is C48H52Cl2N10O7. The fourth-order valence-corrected chi connectivity index (χ4v) is 8.23. The predicted octanol–water partition coefficient (Wildman–Crippen LogP) is 5.87. The number of carbonyl (C=O) groups excluding carboxylic acids is 6. The molecule has 2 aliphatic rings. The summed E-state index contributed by atoms with van der Waals surface area (Å²) < 4.78 is 7.07. The number of amides is 6. The van der Waals surface area contributed by atoms with Gasteiger partial charge in [-0.05, 0) is 79.9 Å². The third kappa shape index (κ3) is 13.4. The molecule has 67 heavy (non-hydrogen) atoms. The number of ether oxygens (including phenoxy) is 1. The minimum Gasteiger partial charge on any atom is -0.378 e. The number of piperidine rings is 1. The topological polar surface area (TPSA) is 209 Å². The van der Waals surface area contributed by atoms with Gasteiger partial charge in [-0.15, -0.1) is 0 Å². The summed E-state index contributed by atoms with van der Waals surface area (Å²) in [6.45, 7) is 3.64. The molecule has 2 saturated heterocycles. The van der Waals surface area contributed by atoms with E-state index in [0.29, 0.717) is 93.2 Å². The molecule has 4 heterocycles. The number of hydrogen-bond acceptors (Lipinski definition) is 11. The molecule has 0 spiro atoms. The van der Waals surface area contributed by atoms with Gasteiger partial charge in [-0.3, -0.25) is 39.1 Å². The number of hydrogen-bond donors (Lipinski definition) is 5. The smallest absolute Gasteiger partial charge is 0.271 e. The first-order valence-corrected chi connectivity index (χ1v) is 23.0. The second-order valence-electron chi connectivity index (χ2n) is 16.0. The van der Waals surface area contributed by atoms with Gasteiger partial charge < -0.3 is 35.8 Å². The largest absolute Gasteiger partial charge is 0.378 e. The quantitative estimate of drug-likeness (QED) is 0.0460. The Balaban J connectivity index is 0.755. The van der Waals surface area contributed by atoms with Crippen LogP contribution in [-0.2, 0) is 23.9 Å². The molecule has 350 valence electrons. The minimum atomic E-state index is -0.539. The normalized spacial score (nSPS) is 14.9. The molecule has 5 aromatic rings. The van der Waals surface area contributed by atoms with Crippen molar-refractivity contribution >= 4 is 75.8 Å². The molecule has 2 aromatic heterocycles. The third-order valence-corrected chi connectivity index (χ3v) is 11.9. The molecule has 1 unspecified atom stereocenters. The average molecular weight is 952 g/mol. The van der Waals surface area contributed by atoms with E-state index >= 15 is 0 Å². The van der Waals surface area contributed by atoms with E-state index in [-0.39, 0.29) is 65.5 Å². The van der Waals surface area contributed by atoms with Gasteiger partial charge in [0.05, 0.1) is 40.2 Å². The molecule has 0 bridgehead atoms. The summed E-state index contributed by atoms with van der Waals surface area (Å²) >= 11 is 12.9. The molecule has 2 aliphatic heterocycles. The first kappa shape index (κ1) is 48.1. The Hall–Kier alpha value is -6.82. The second-order valence-corrected chi connectivity index (χ2v) is 16.8. The van der Waals surface area contributed by atoms with Crippen LogP contribution < -0.4 is 31.5 Å². The van der Waals surface area contributed by atoms with Crippen LogP contribution in [0.1, 0.15) is 65.8 Å². The Labute approximate surface area is 397 Å². The highest BCUT2D eigenvalue weighted by Crippen LogP contribution is 2.33. The van der Waals surface area contributed by atoms with E-state index in [1.807, 2.05) is 53.4 Å². The summed E-state index contributed by atoms with van der Waals surface area (Å²) in [6.07, 6.45) is 5.32. The van der Waals surface area contributed by atoms with Crippen LogP contribution in [0.5, 0.6) is 0 Å². The molecular weight excluding hydrogens is 899 g/mol. The zero-order chi connectivity index (χ0) is 47.1. The van der Waals surface area contributed by atoms with Crippen LogP contribution in [0.25, 0.3) is 16.9 Å². The zero-order valence-corrected chi connectivity index (χ0v) is 38.3. The van der Waals surface area contributed by atoms with Crippen molar-refractivity contribution in [2.45, 2.75) is 51.0 Å². The monoisotopic (exact) mass is 950 g/mol.